The Morgan fingerprint density at radius 1 is 1.04 bits per heavy atom. The number of amides is 1. The van der Waals surface area contributed by atoms with Crippen molar-refractivity contribution < 1.29 is 28.5 Å². The van der Waals surface area contributed by atoms with Crippen molar-refractivity contribution in [3.8, 4) is 11.5 Å². The molecule has 0 aliphatic carbocycles. The molecule has 0 aliphatic heterocycles. The number of esters is 1. The van der Waals surface area contributed by atoms with Crippen molar-refractivity contribution in [3.05, 3.63) is 23.8 Å². The lowest BCUT2D eigenvalue weighted by Crippen LogP contribution is -2.37. The standard InChI is InChI=1S/C18H27NO6/c1-5-25-18(21)9-11-19(17(20)13-22-2)10-8-14-6-7-15(23-3)16(12-14)24-4/h6-7,12H,5,8-11,13H2,1-4H3. The molecule has 1 amide bonds. The van der Waals surface area contributed by atoms with Crippen molar-refractivity contribution in [2.75, 3.05) is 47.6 Å². The molecule has 1 rings (SSSR count). The highest BCUT2D eigenvalue weighted by molar-refractivity contribution is 5.78. The average molecular weight is 353 g/mol. The summed E-state index contributed by atoms with van der Waals surface area (Å²) in [5.41, 5.74) is 1.00. The Labute approximate surface area is 148 Å². The molecule has 140 valence electrons. The molecule has 0 aromatic heterocycles. The molecule has 0 aliphatic rings. The molecule has 1 aromatic carbocycles. The highest BCUT2D eigenvalue weighted by Crippen LogP contribution is 2.27. The first-order valence-electron chi connectivity index (χ1n) is 8.18. The summed E-state index contributed by atoms with van der Waals surface area (Å²) in [6, 6.07) is 5.63. The van der Waals surface area contributed by atoms with E-state index < -0.39 is 0 Å². The van der Waals surface area contributed by atoms with Crippen LogP contribution >= 0.6 is 0 Å². The Morgan fingerprint density at radius 2 is 1.76 bits per heavy atom. The van der Waals surface area contributed by atoms with Gasteiger partial charge in [-0.05, 0) is 31.0 Å². The normalized spacial score (nSPS) is 10.2. The number of carbonyl (C=O) groups excluding carboxylic acids is 2. The monoisotopic (exact) mass is 353 g/mol. The van der Waals surface area contributed by atoms with E-state index in [0.717, 1.165) is 5.56 Å². The van der Waals surface area contributed by atoms with Gasteiger partial charge in [-0.15, -0.1) is 0 Å². The Morgan fingerprint density at radius 3 is 2.36 bits per heavy atom. The molecule has 1 aromatic rings. The van der Waals surface area contributed by atoms with E-state index in [4.69, 9.17) is 18.9 Å². The van der Waals surface area contributed by atoms with Crippen molar-refractivity contribution >= 4 is 11.9 Å². The minimum atomic E-state index is -0.316. The van der Waals surface area contributed by atoms with Crippen LogP contribution in [-0.2, 0) is 25.5 Å². The van der Waals surface area contributed by atoms with Crippen LogP contribution < -0.4 is 9.47 Å². The molecule has 0 N–H and O–H groups in total. The fourth-order valence-corrected chi connectivity index (χ4v) is 2.34. The molecule has 0 unspecified atom stereocenters. The van der Waals surface area contributed by atoms with E-state index in [1.54, 1.807) is 26.0 Å². The molecule has 0 radical (unpaired) electrons. The summed E-state index contributed by atoms with van der Waals surface area (Å²) in [5.74, 6) is 0.818. The van der Waals surface area contributed by atoms with Crippen LogP contribution in [0.2, 0.25) is 0 Å². The lowest BCUT2D eigenvalue weighted by Gasteiger charge is -2.22. The zero-order chi connectivity index (χ0) is 18.7. The molecular formula is C18H27NO6. The van der Waals surface area contributed by atoms with Crippen LogP contribution in [0.4, 0.5) is 0 Å². The smallest absolute Gasteiger partial charge is 0.307 e. The van der Waals surface area contributed by atoms with Crippen LogP contribution in [-0.4, -0.2) is 64.4 Å². The first-order chi connectivity index (χ1) is 12.0. The van der Waals surface area contributed by atoms with Gasteiger partial charge in [-0.1, -0.05) is 6.07 Å². The molecule has 0 heterocycles. The number of carbonyl (C=O) groups is 2. The van der Waals surface area contributed by atoms with Crippen LogP contribution in [0.1, 0.15) is 18.9 Å². The Balaban J connectivity index is 2.70. The predicted molar refractivity (Wildman–Crippen MR) is 93.0 cm³/mol. The average Bonchev–Trinajstić information content (AvgIpc) is 2.61. The molecule has 25 heavy (non-hydrogen) atoms. The molecule has 7 heteroatoms. The zero-order valence-corrected chi connectivity index (χ0v) is 15.4. The number of hydrogen-bond acceptors (Lipinski definition) is 6. The van der Waals surface area contributed by atoms with Crippen molar-refractivity contribution in [3.63, 3.8) is 0 Å². The van der Waals surface area contributed by atoms with Gasteiger partial charge in [-0.2, -0.15) is 0 Å². The van der Waals surface area contributed by atoms with Crippen LogP contribution in [0.5, 0.6) is 11.5 Å². The number of ether oxygens (including phenoxy) is 4. The zero-order valence-electron chi connectivity index (χ0n) is 15.4. The quantitative estimate of drug-likeness (QED) is 0.564. The number of hydrogen-bond donors (Lipinski definition) is 0. The van der Waals surface area contributed by atoms with E-state index in [0.29, 0.717) is 37.6 Å². The van der Waals surface area contributed by atoms with Gasteiger partial charge in [-0.25, -0.2) is 0 Å². The molecular weight excluding hydrogens is 326 g/mol. The van der Waals surface area contributed by atoms with Gasteiger partial charge in [0.1, 0.15) is 6.61 Å². The predicted octanol–water partition coefficient (Wildman–Crippen LogP) is 1.67. The van der Waals surface area contributed by atoms with Gasteiger partial charge < -0.3 is 23.8 Å². The van der Waals surface area contributed by atoms with Crippen molar-refractivity contribution in [2.24, 2.45) is 0 Å². The van der Waals surface area contributed by atoms with E-state index in [-0.39, 0.29) is 24.9 Å². The maximum atomic E-state index is 12.2. The van der Waals surface area contributed by atoms with Crippen molar-refractivity contribution in [2.45, 2.75) is 19.8 Å². The summed E-state index contributed by atoms with van der Waals surface area (Å²) in [6.45, 7) is 2.83. The molecule has 0 saturated heterocycles. The molecule has 7 nitrogen and oxygen atoms in total. The number of nitrogens with zero attached hydrogens (tertiary/aromatic N) is 1. The molecule has 0 bridgehead atoms. The summed E-state index contributed by atoms with van der Waals surface area (Å²) in [4.78, 5) is 25.3. The van der Waals surface area contributed by atoms with Gasteiger partial charge in [0.2, 0.25) is 5.91 Å². The van der Waals surface area contributed by atoms with Crippen molar-refractivity contribution in [1.29, 1.82) is 0 Å². The van der Waals surface area contributed by atoms with Gasteiger partial charge >= 0.3 is 5.97 Å². The summed E-state index contributed by atoms with van der Waals surface area (Å²) in [5, 5.41) is 0. The van der Waals surface area contributed by atoms with Gasteiger partial charge in [0.25, 0.3) is 0 Å². The first-order valence-corrected chi connectivity index (χ1v) is 8.18. The second-order valence-electron chi connectivity index (χ2n) is 5.31. The summed E-state index contributed by atoms with van der Waals surface area (Å²) < 4.78 is 20.3. The second kappa shape index (κ2) is 11.3. The minimum Gasteiger partial charge on any atom is -0.493 e. The first kappa shape index (κ1) is 20.8. The van der Waals surface area contributed by atoms with E-state index in [1.807, 2.05) is 18.2 Å². The largest absolute Gasteiger partial charge is 0.493 e. The third kappa shape index (κ3) is 7.01. The number of benzene rings is 1. The third-order valence-corrected chi connectivity index (χ3v) is 3.63. The highest BCUT2D eigenvalue weighted by Gasteiger charge is 2.16. The summed E-state index contributed by atoms with van der Waals surface area (Å²) >= 11 is 0. The lowest BCUT2D eigenvalue weighted by molar-refractivity contribution is -0.144. The van der Waals surface area contributed by atoms with Crippen LogP contribution in [0.15, 0.2) is 18.2 Å². The maximum absolute atomic E-state index is 12.2. The number of methoxy groups -OCH3 is 3. The van der Waals surface area contributed by atoms with Crippen LogP contribution in [0, 0.1) is 0 Å². The van der Waals surface area contributed by atoms with E-state index in [1.165, 1.54) is 7.11 Å². The Kier molecular flexibility index (Phi) is 9.39. The summed E-state index contributed by atoms with van der Waals surface area (Å²) in [6.07, 6.45) is 0.786. The van der Waals surface area contributed by atoms with Gasteiger partial charge in [0, 0.05) is 20.2 Å². The third-order valence-electron chi connectivity index (χ3n) is 3.63. The molecule has 0 spiro atoms. The SMILES string of the molecule is CCOC(=O)CCN(CCc1ccc(OC)c(OC)c1)C(=O)COC. The van der Waals surface area contributed by atoms with Gasteiger partial charge in [0.05, 0.1) is 27.2 Å². The molecule has 0 atom stereocenters. The molecule has 0 fully saturated rings. The fourth-order valence-electron chi connectivity index (χ4n) is 2.34. The van der Waals surface area contributed by atoms with E-state index in [9.17, 15) is 9.59 Å². The van der Waals surface area contributed by atoms with Gasteiger partial charge in [-0.3, -0.25) is 9.59 Å². The van der Waals surface area contributed by atoms with E-state index in [2.05, 4.69) is 0 Å². The Bertz CT molecular complexity index is 560. The topological polar surface area (TPSA) is 74.3 Å². The fraction of sp³-hybridized carbons (Fsp3) is 0.556. The second-order valence-corrected chi connectivity index (χ2v) is 5.31. The van der Waals surface area contributed by atoms with Gasteiger partial charge in [0.15, 0.2) is 11.5 Å². The van der Waals surface area contributed by atoms with Crippen LogP contribution in [0.3, 0.4) is 0 Å². The van der Waals surface area contributed by atoms with E-state index >= 15 is 0 Å². The Hall–Kier alpha value is -2.28. The van der Waals surface area contributed by atoms with Crippen molar-refractivity contribution in [1.82, 2.24) is 4.90 Å². The summed E-state index contributed by atoms with van der Waals surface area (Å²) in [7, 11) is 4.63. The van der Waals surface area contributed by atoms with Crippen LogP contribution in [0.25, 0.3) is 0 Å². The minimum absolute atomic E-state index is 0.0191. The molecule has 0 saturated carbocycles. The lowest BCUT2D eigenvalue weighted by atomic mass is 10.1. The number of rotatable bonds is 11. The maximum Gasteiger partial charge on any atom is 0.307 e. The highest BCUT2D eigenvalue weighted by atomic mass is 16.5.